The molecule has 0 spiro atoms. The van der Waals surface area contributed by atoms with Crippen LogP contribution in [0.5, 0.6) is 0 Å². The van der Waals surface area contributed by atoms with Crippen LogP contribution in [0.1, 0.15) is 12.8 Å². The molecule has 0 saturated heterocycles. The smallest absolute Gasteiger partial charge is 0.333 e. The fraction of sp³-hybridized carbons (Fsp3) is 0.250. The van der Waals surface area contributed by atoms with E-state index >= 15 is 0 Å². The Labute approximate surface area is 85.3 Å². The van der Waals surface area contributed by atoms with Crippen molar-refractivity contribution in [2.75, 3.05) is 7.11 Å². The van der Waals surface area contributed by atoms with Crippen LogP contribution in [0.4, 0.5) is 0 Å². The molecule has 2 nitrogen and oxygen atoms in total. The van der Waals surface area contributed by atoms with Crippen molar-refractivity contribution < 1.29 is 9.53 Å². The summed E-state index contributed by atoms with van der Waals surface area (Å²) in [5.41, 5.74) is 0.635. The summed E-state index contributed by atoms with van der Waals surface area (Å²) in [6.45, 7) is 7.13. The number of methoxy groups -OCH3 is 1. The topological polar surface area (TPSA) is 26.3 Å². The quantitative estimate of drug-likeness (QED) is 0.280. The minimum absolute atomic E-state index is 0.295. The molecular weight excluding hydrogens is 176 g/mol. The van der Waals surface area contributed by atoms with Crippen LogP contribution in [0.3, 0.4) is 0 Å². The Bertz CT molecular complexity index is 259. The molecule has 0 aromatic heterocycles. The molecule has 0 aromatic rings. The van der Waals surface area contributed by atoms with Gasteiger partial charge < -0.3 is 4.74 Å². The molecule has 14 heavy (non-hydrogen) atoms. The highest BCUT2D eigenvalue weighted by Crippen LogP contribution is 2.06. The molecule has 0 N–H and O–H groups in total. The molecule has 0 bridgehead atoms. The highest BCUT2D eigenvalue weighted by molar-refractivity contribution is 5.88. The van der Waals surface area contributed by atoms with Gasteiger partial charge in [0.15, 0.2) is 0 Å². The van der Waals surface area contributed by atoms with Crippen molar-refractivity contribution in [2.45, 2.75) is 12.8 Å². The van der Waals surface area contributed by atoms with E-state index in [4.69, 9.17) is 0 Å². The summed E-state index contributed by atoms with van der Waals surface area (Å²) < 4.78 is 4.62. The summed E-state index contributed by atoms with van der Waals surface area (Å²) in [4.78, 5) is 11.2. The Hall–Kier alpha value is -1.57. The van der Waals surface area contributed by atoms with Gasteiger partial charge in [-0.25, -0.2) is 4.79 Å². The van der Waals surface area contributed by atoms with Crippen molar-refractivity contribution in [1.29, 1.82) is 0 Å². The maximum Gasteiger partial charge on any atom is 0.333 e. The van der Waals surface area contributed by atoms with Crippen LogP contribution in [-0.4, -0.2) is 13.1 Å². The molecule has 0 aromatic carbocycles. The van der Waals surface area contributed by atoms with Crippen LogP contribution < -0.4 is 0 Å². The average Bonchev–Trinajstić information content (AvgIpc) is 2.21. The van der Waals surface area contributed by atoms with Crippen molar-refractivity contribution in [3.63, 3.8) is 0 Å². The molecule has 0 atom stereocenters. The number of ether oxygens (including phenoxy) is 1. The van der Waals surface area contributed by atoms with Gasteiger partial charge in [-0.2, -0.15) is 0 Å². The first kappa shape index (κ1) is 12.4. The largest absolute Gasteiger partial charge is 0.466 e. The Balaban J connectivity index is 4.31. The lowest BCUT2D eigenvalue weighted by Crippen LogP contribution is -2.03. The summed E-state index contributed by atoms with van der Waals surface area (Å²) >= 11 is 0. The third-order valence-electron chi connectivity index (χ3n) is 1.58. The summed E-state index contributed by atoms with van der Waals surface area (Å²) in [6.07, 6.45) is 10.2. The van der Waals surface area contributed by atoms with Crippen molar-refractivity contribution in [2.24, 2.45) is 0 Å². The van der Waals surface area contributed by atoms with E-state index in [0.29, 0.717) is 18.4 Å². The maximum absolute atomic E-state index is 11.2. The third kappa shape index (κ3) is 5.14. The number of esters is 1. The van der Waals surface area contributed by atoms with Crippen LogP contribution in [0.2, 0.25) is 0 Å². The van der Waals surface area contributed by atoms with Crippen LogP contribution >= 0.6 is 0 Å². The third-order valence-corrected chi connectivity index (χ3v) is 1.58. The fourth-order valence-electron chi connectivity index (χ4n) is 0.922. The molecule has 0 unspecified atom stereocenters. The van der Waals surface area contributed by atoms with Crippen LogP contribution in [0.15, 0.2) is 49.1 Å². The number of rotatable bonds is 6. The second-order valence-corrected chi connectivity index (χ2v) is 2.61. The van der Waals surface area contributed by atoms with Gasteiger partial charge in [0, 0.05) is 5.57 Å². The molecule has 0 saturated carbocycles. The predicted octanol–water partition coefficient (Wildman–Crippen LogP) is 2.79. The number of allylic oxidation sites excluding steroid dienone is 5. The normalized spacial score (nSPS) is 11.4. The molecular formula is C12H16O2. The van der Waals surface area contributed by atoms with Crippen molar-refractivity contribution in [1.82, 2.24) is 0 Å². The molecule has 2 heteroatoms. The van der Waals surface area contributed by atoms with Crippen molar-refractivity contribution >= 4 is 5.97 Å². The molecule has 0 radical (unpaired) electrons. The van der Waals surface area contributed by atoms with Gasteiger partial charge in [0.25, 0.3) is 0 Å². The average molecular weight is 192 g/mol. The predicted molar refractivity (Wildman–Crippen MR) is 58.9 cm³/mol. The lowest BCUT2D eigenvalue weighted by Gasteiger charge is -2.00. The zero-order valence-electron chi connectivity index (χ0n) is 8.53. The summed E-state index contributed by atoms with van der Waals surface area (Å²) in [5, 5.41) is 0. The monoisotopic (exact) mass is 192 g/mol. The summed E-state index contributed by atoms with van der Waals surface area (Å²) in [6, 6.07) is 0. The summed E-state index contributed by atoms with van der Waals surface area (Å²) in [7, 11) is 1.37. The Kier molecular flexibility index (Phi) is 7.15. The maximum atomic E-state index is 11.2. The number of carbonyl (C=O) groups excluding carboxylic acids is 1. The van der Waals surface area contributed by atoms with Gasteiger partial charge in [-0.3, -0.25) is 0 Å². The van der Waals surface area contributed by atoms with E-state index in [1.165, 1.54) is 7.11 Å². The number of hydrogen-bond acceptors (Lipinski definition) is 2. The van der Waals surface area contributed by atoms with Gasteiger partial charge in [0.1, 0.15) is 0 Å². The minimum Gasteiger partial charge on any atom is -0.466 e. The zero-order chi connectivity index (χ0) is 10.8. The molecule has 0 aliphatic carbocycles. The first-order valence-corrected chi connectivity index (χ1v) is 4.42. The van der Waals surface area contributed by atoms with Crippen molar-refractivity contribution in [3.05, 3.63) is 49.1 Å². The lowest BCUT2D eigenvalue weighted by atomic mass is 10.1. The Morgan fingerprint density at radius 2 is 2.14 bits per heavy atom. The van der Waals surface area contributed by atoms with E-state index in [1.54, 1.807) is 12.2 Å². The van der Waals surface area contributed by atoms with Gasteiger partial charge in [0.05, 0.1) is 7.11 Å². The highest BCUT2D eigenvalue weighted by Gasteiger charge is 2.05. The first-order valence-electron chi connectivity index (χ1n) is 4.42. The van der Waals surface area contributed by atoms with Gasteiger partial charge in [-0.15, -0.1) is 6.58 Å². The molecule has 76 valence electrons. The second kappa shape index (κ2) is 8.05. The molecule has 0 heterocycles. The van der Waals surface area contributed by atoms with Gasteiger partial charge >= 0.3 is 5.97 Å². The van der Waals surface area contributed by atoms with E-state index in [0.717, 1.165) is 0 Å². The molecule has 0 aliphatic rings. The lowest BCUT2D eigenvalue weighted by molar-refractivity contribution is -0.136. The van der Waals surface area contributed by atoms with Gasteiger partial charge in [0.2, 0.25) is 0 Å². The minimum atomic E-state index is -0.295. The molecule has 0 amide bonds. The molecule has 0 rings (SSSR count). The van der Waals surface area contributed by atoms with E-state index in [1.807, 2.05) is 18.2 Å². The Morgan fingerprint density at radius 3 is 2.64 bits per heavy atom. The fourth-order valence-corrected chi connectivity index (χ4v) is 0.922. The number of carbonyl (C=O) groups is 1. The SMILES string of the molecule is C=CC=CCC=C(CC=C)C(=O)OC. The van der Waals surface area contributed by atoms with E-state index < -0.39 is 0 Å². The Morgan fingerprint density at radius 1 is 1.43 bits per heavy atom. The second-order valence-electron chi connectivity index (χ2n) is 2.61. The van der Waals surface area contributed by atoms with Crippen LogP contribution in [0, 0.1) is 0 Å². The standard InChI is InChI=1S/C12H16O2/c1-4-6-7-8-10-11(9-5-2)12(13)14-3/h4-7,10H,1-2,8-9H2,3H3. The van der Waals surface area contributed by atoms with Crippen molar-refractivity contribution in [3.8, 4) is 0 Å². The van der Waals surface area contributed by atoms with Crippen LogP contribution in [-0.2, 0) is 9.53 Å². The van der Waals surface area contributed by atoms with E-state index in [9.17, 15) is 4.79 Å². The molecule has 0 fully saturated rings. The van der Waals surface area contributed by atoms with E-state index in [-0.39, 0.29) is 5.97 Å². The summed E-state index contributed by atoms with van der Waals surface area (Å²) in [5.74, 6) is -0.295. The first-order chi connectivity index (χ1) is 6.76. The van der Waals surface area contributed by atoms with Gasteiger partial charge in [-0.1, -0.05) is 37.0 Å². The van der Waals surface area contributed by atoms with E-state index in [2.05, 4.69) is 17.9 Å². The van der Waals surface area contributed by atoms with Gasteiger partial charge in [-0.05, 0) is 12.8 Å². The van der Waals surface area contributed by atoms with Crippen LogP contribution in [0.25, 0.3) is 0 Å². The highest BCUT2D eigenvalue weighted by atomic mass is 16.5. The number of hydrogen-bond donors (Lipinski definition) is 0. The molecule has 0 aliphatic heterocycles. The zero-order valence-corrected chi connectivity index (χ0v) is 8.53.